The minimum absolute atomic E-state index is 0.0265. The quantitative estimate of drug-likeness (QED) is 0.524. The lowest BCUT2D eigenvalue weighted by atomic mass is 10.1. The predicted octanol–water partition coefficient (Wildman–Crippen LogP) is 4.12. The zero-order valence-corrected chi connectivity index (χ0v) is 12.5. The van der Waals surface area contributed by atoms with Gasteiger partial charge >= 0.3 is 0 Å². The molecule has 0 aliphatic carbocycles. The van der Waals surface area contributed by atoms with E-state index in [2.05, 4.69) is 5.32 Å². The third-order valence-electron chi connectivity index (χ3n) is 2.98. The van der Waals surface area contributed by atoms with Gasteiger partial charge in [-0.15, -0.1) is 0 Å². The van der Waals surface area contributed by atoms with E-state index in [0.717, 1.165) is 5.56 Å². The van der Waals surface area contributed by atoms with Crippen LogP contribution in [0.1, 0.15) is 11.1 Å². The van der Waals surface area contributed by atoms with Crippen molar-refractivity contribution in [1.29, 1.82) is 0 Å². The number of amides is 1. The zero-order chi connectivity index (χ0) is 16.1. The van der Waals surface area contributed by atoms with Crippen LogP contribution in [0.4, 0.5) is 11.4 Å². The molecule has 2 aromatic rings. The summed E-state index contributed by atoms with van der Waals surface area (Å²) in [5, 5.41) is 13.4. The predicted molar refractivity (Wildman–Crippen MR) is 86.7 cm³/mol. The van der Waals surface area contributed by atoms with E-state index >= 15 is 0 Å². The van der Waals surface area contributed by atoms with E-state index in [4.69, 9.17) is 11.6 Å². The SMILES string of the molecule is Cc1cc([N+](=O)[O-])ccc1NC(=O)C(Cl)=Cc1ccccc1. The number of aryl methyl sites for hydroxylation is 1. The number of hydrogen-bond acceptors (Lipinski definition) is 3. The molecular weight excluding hydrogens is 304 g/mol. The maximum Gasteiger partial charge on any atom is 0.269 e. The Morgan fingerprint density at radius 3 is 2.50 bits per heavy atom. The first-order chi connectivity index (χ1) is 10.5. The highest BCUT2D eigenvalue weighted by Crippen LogP contribution is 2.22. The molecule has 0 unspecified atom stereocenters. The molecule has 22 heavy (non-hydrogen) atoms. The first-order valence-corrected chi connectivity index (χ1v) is 6.84. The molecule has 1 amide bonds. The first-order valence-electron chi connectivity index (χ1n) is 6.46. The molecule has 1 N–H and O–H groups in total. The summed E-state index contributed by atoms with van der Waals surface area (Å²) in [4.78, 5) is 22.2. The summed E-state index contributed by atoms with van der Waals surface area (Å²) in [6, 6.07) is 13.4. The van der Waals surface area contributed by atoms with Gasteiger partial charge in [-0.25, -0.2) is 0 Å². The van der Waals surface area contributed by atoms with Gasteiger partial charge in [-0.3, -0.25) is 14.9 Å². The first kappa shape index (κ1) is 15.7. The number of nitro groups is 1. The minimum atomic E-state index is -0.485. The summed E-state index contributed by atoms with van der Waals surface area (Å²) in [5.74, 6) is -0.470. The van der Waals surface area contributed by atoms with Crippen LogP contribution in [0.15, 0.2) is 53.6 Å². The number of carbonyl (C=O) groups excluding carboxylic acids is 1. The standard InChI is InChI=1S/C16H13ClN2O3/c1-11-9-13(19(21)22)7-8-15(11)18-16(20)14(17)10-12-5-3-2-4-6-12/h2-10H,1H3,(H,18,20). The molecule has 0 aliphatic rings. The van der Waals surface area contributed by atoms with E-state index in [1.54, 1.807) is 13.0 Å². The van der Waals surface area contributed by atoms with Crippen LogP contribution in [0.25, 0.3) is 6.08 Å². The van der Waals surface area contributed by atoms with E-state index in [9.17, 15) is 14.9 Å². The number of nitrogens with zero attached hydrogens (tertiary/aromatic N) is 1. The number of halogens is 1. The molecule has 0 heterocycles. The van der Waals surface area contributed by atoms with Crippen molar-refractivity contribution in [3.63, 3.8) is 0 Å². The van der Waals surface area contributed by atoms with Crippen molar-refractivity contribution in [3.8, 4) is 0 Å². The molecule has 0 saturated carbocycles. The van der Waals surface area contributed by atoms with Gasteiger partial charge in [-0.1, -0.05) is 41.9 Å². The van der Waals surface area contributed by atoms with Gasteiger partial charge in [0.05, 0.1) is 4.92 Å². The average Bonchev–Trinajstić information content (AvgIpc) is 2.50. The van der Waals surface area contributed by atoms with Gasteiger partial charge in [0.1, 0.15) is 5.03 Å². The van der Waals surface area contributed by atoms with Gasteiger partial charge in [-0.05, 0) is 30.2 Å². The Morgan fingerprint density at radius 2 is 1.91 bits per heavy atom. The molecule has 0 aromatic heterocycles. The Bertz CT molecular complexity index is 742. The topological polar surface area (TPSA) is 72.2 Å². The third kappa shape index (κ3) is 3.93. The van der Waals surface area contributed by atoms with Crippen LogP contribution < -0.4 is 5.32 Å². The second-order valence-corrected chi connectivity index (χ2v) is 5.02. The number of nitrogens with one attached hydrogen (secondary N) is 1. The summed E-state index contributed by atoms with van der Waals surface area (Å²) in [5.41, 5.74) is 1.85. The average molecular weight is 317 g/mol. The molecule has 0 radical (unpaired) electrons. The summed E-state index contributed by atoms with van der Waals surface area (Å²) in [7, 11) is 0. The lowest BCUT2D eigenvalue weighted by Crippen LogP contribution is -2.12. The molecule has 0 fully saturated rings. The Kier molecular flexibility index (Phi) is 4.91. The Morgan fingerprint density at radius 1 is 1.23 bits per heavy atom. The van der Waals surface area contributed by atoms with E-state index in [1.807, 2.05) is 30.3 Å². The van der Waals surface area contributed by atoms with Gasteiger partial charge in [0.2, 0.25) is 0 Å². The van der Waals surface area contributed by atoms with Crippen molar-refractivity contribution in [1.82, 2.24) is 0 Å². The highest BCUT2D eigenvalue weighted by Gasteiger charge is 2.12. The molecule has 0 bridgehead atoms. The number of rotatable bonds is 4. The normalized spacial score (nSPS) is 11.1. The number of carbonyl (C=O) groups is 1. The van der Waals surface area contributed by atoms with Crippen LogP contribution in [0.5, 0.6) is 0 Å². The van der Waals surface area contributed by atoms with Gasteiger partial charge in [0.25, 0.3) is 11.6 Å². The van der Waals surface area contributed by atoms with Crippen LogP contribution in [-0.2, 0) is 4.79 Å². The highest BCUT2D eigenvalue weighted by molar-refractivity contribution is 6.45. The monoisotopic (exact) mass is 316 g/mol. The Balaban J connectivity index is 2.15. The van der Waals surface area contributed by atoms with Gasteiger partial charge < -0.3 is 5.32 Å². The fraction of sp³-hybridized carbons (Fsp3) is 0.0625. The fourth-order valence-corrected chi connectivity index (χ4v) is 2.02. The van der Waals surface area contributed by atoms with Crippen LogP contribution in [-0.4, -0.2) is 10.8 Å². The van der Waals surface area contributed by atoms with Gasteiger partial charge in [0, 0.05) is 17.8 Å². The van der Waals surface area contributed by atoms with Crippen LogP contribution in [0, 0.1) is 17.0 Å². The van der Waals surface area contributed by atoms with Gasteiger partial charge in [0.15, 0.2) is 0 Å². The van der Waals surface area contributed by atoms with Crippen molar-refractivity contribution in [2.45, 2.75) is 6.92 Å². The largest absolute Gasteiger partial charge is 0.321 e. The molecule has 112 valence electrons. The Labute approximate surface area is 132 Å². The molecule has 5 nitrogen and oxygen atoms in total. The fourth-order valence-electron chi connectivity index (χ4n) is 1.84. The number of anilines is 1. The second kappa shape index (κ2) is 6.87. The molecule has 0 aliphatic heterocycles. The van der Waals surface area contributed by atoms with E-state index in [1.165, 1.54) is 18.2 Å². The maximum atomic E-state index is 12.0. The highest BCUT2D eigenvalue weighted by atomic mass is 35.5. The maximum absolute atomic E-state index is 12.0. The van der Waals surface area contributed by atoms with Crippen molar-refractivity contribution in [2.75, 3.05) is 5.32 Å². The number of benzene rings is 2. The summed E-state index contributed by atoms with van der Waals surface area (Å²) < 4.78 is 0. The smallest absolute Gasteiger partial charge is 0.269 e. The minimum Gasteiger partial charge on any atom is -0.321 e. The molecule has 2 aromatic carbocycles. The van der Waals surface area contributed by atoms with Crippen molar-refractivity contribution < 1.29 is 9.72 Å². The zero-order valence-electron chi connectivity index (χ0n) is 11.7. The van der Waals surface area contributed by atoms with E-state index in [0.29, 0.717) is 11.3 Å². The summed E-state index contributed by atoms with van der Waals surface area (Å²) in [6.07, 6.45) is 1.55. The lowest BCUT2D eigenvalue weighted by Gasteiger charge is -2.07. The number of nitro benzene ring substituents is 1. The second-order valence-electron chi connectivity index (χ2n) is 4.61. The molecule has 2 rings (SSSR count). The van der Waals surface area contributed by atoms with E-state index < -0.39 is 10.8 Å². The van der Waals surface area contributed by atoms with Gasteiger partial charge in [-0.2, -0.15) is 0 Å². The van der Waals surface area contributed by atoms with Crippen LogP contribution >= 0.6 is 11.6 Å². The van der Waals surface area contributed by atoms with Crippen LogP contribution in [0.3, 0.4) is 0 Å². The molecule has 6 heteroatoms. The van der Waals surface area contributed by atoms with Crippen molar-refractivity contribution in [3.05, 3.63) is 74.8 Å². The lowest BCUT2D eigenvalue weighted by molar-refractivity contribution is -0.384. The van der Waals surface area contributed by atoms with E-state index in [-0.39, 0.29) is 10.7 Å². The summed E-state index contributed by atoms with van der Waals surface area (Å²) >= 11 is 5.99. The number of non-ortho nitro benzene ring substituents is 1. The van der Waals surface area contributed by atoms with Crippen LogP contribution in [0.2, 0.25) is 0 Å². The third-order valence-corrected chi connectivity index (χ3v) is 3.26. The van der Waals surface area contributed by atoms with Crippen molar-refractivity contribution in [2.24, 2.45) is 0 Å². The Hall–Kier alpha value is -2.66. The molecule has 0 saturated heterocycles. The summed E-state index contributed by atoms with van der Waals surface area (Å²) in [6.45, 7) is 1.68. The molecule has 0 atom stereocenters. The van der Waals surface area contributed by atoms with Crippen molar-refractivity contribution >= 4 is 35.0 Å². The number of hydrogen-bond donors (Lipinski definition) is 1. The molecular formula is C16H13ClN2O3. The molecule has 0 spiro atoms.